The molecule has 1 aromatic carbocycles. The van der Waals surface area contributed by atoms with Gasteiger partial charge in [-0.1, -0.05) is 38.1 Å². The minimum Gasteiger partial charge on any atom is -0.362 e. The molecular weight excluding hydrogens is 222 g/mol. The van der Waals surface area contributed by atoms with Gasteiger partial charge in [0.15, 0.2) is 5.78 Å². The number of aromatic amines is 1. The Labute approximate surface area is 107 Å². The Morgan fingerprint density at radius 1 is 1.17 bits per heavy atom. The minimum atomic E-state index is 0.0277. The maximum absolute atomic E-state index is 11.9. The normalized spacial score (nSPS) is 11.3. The summed E-state index contributed by atoms with van der Waals surface area (Å²) in [5, 5.41) is 0. The number of allylic oxidation sites excluding steroid dienone is 1. The summed E-state index contributed by atoms with van der Waals surface area (Å²) in [6.07, 6.45) is 5.22. The minimum absolute atomic E-state index is 0.0277. The number of hydrogen-bond donors (Lipinski definition) is 1. The van der Waals surface area contributed by atoms with Crippen LogP contribution in [0.4, 0.5) is 0 Å². The molecule has 2 rings (SSSR count). The number of benzene rings is 1. The molecule has 0 aliphatic carbocycles. The number of aromatic nitrogens is 1. The maximum Gasteiger partial charge on any atom is 0.185 e. The van der Waals surface area contributed by atoms with Gasteiger partial charge in [0.05, 0.1) is 0 Å². The molecule has 2 aromatic rings. The highest BCUT2D eigenvalue weighted by Gasteiger charge is 2.03. The van der Waals surface area contributed by atoms with Crippen LogP contribution in [0.5, 0.6) is 0 Å². The Kier molecular flexibility index (Phi) is 3.78. The summed E-state index contributed by atoms with van der Waals surface area (Å²) in [7, 11) is 0. The summed E-state index contributed by atoms with van der Waals surface area (Å²) in [5.74, 6) is 0.517. The van der Waals surface area contributed by atoms with Crippen LogP contribution in [0.1, 0.15) is 41.4 Å². The van der Waals surface area contributed by atoms with E-state index in [2.05, 4.69) is 18.8 Å². The smallest absolute Gasteiger partial charge is 0.185 e. The van der Waals surface area contributed by atoms with Crippen LogP contribution < -0.4 is 0 Å². The van der Waals surface area contributed by atoms with Crippen LogP contribution in [0.15, 0.2) is 48.7 Å². The van der Waals surface area contributed by atoms with Crippen LogP contribution in [0.3, 0.4) is 0 Å². The van der Waals surface area contributed by atoms with Crippen LogP contribution in [0.25, 0.3) is 6.08 Å². The van der Waals surface area contributed by atoms with Crippen molar-refractivity contribution in [3.05, 3.63) is 65.5 Å². The van der Waals surface area contributed by atoms with E-state index in [1.807, 2.05) is 42.6 Å². The Morgan fingerprint density at radius 2 is 1.89 bits per heavy atom. The lowest BCUT2D eigenvalue weighted by atomic mass is 10.0. The Balaban J connectivity index is 2.09. The van der Waals surface area contributed by atoms with Crippen LogP contribution in [0.2, 0.25) is 0 Å². The molecule has 92 valence electrons. The van der Waals surface area contributed by atoms with Crippen LogP contribution >= 0.6 is 0 Å². The van der Waals surface area contributed by atoms with Gasteiger partial charge in [-0.25, -0.2) is 0 Å². The molecule has 2 nitrogen and oxygen atoms in total. The molecule has 2 heteroatoms. The predicted molar refractivity (Wildman–Crippen MR) is 74.7 cm³/mol. The van der Waals surface area contributed by atoms with Gasteiger partial charge >= 0.3 is 0 Å². The van der Waals surface area contributed by atoms with Crippen LogP contribution in [0, 0.1) is 0 Å². The standard InChI is InChI=1S/C16H17NO/c1-12(2)13-5-7-14(8-6-13)16(18)10-9-15-4-3-11-17-15/h3-12,17H,1-2H3/b10-9+. The summed E-state index contributed by atoms with van der Waals surface area (Å²) in [6, 6.07) is 11.6. The first kappa shape index (κ1) is 12.4. The van der Waals surface area contributed by atoms with E-state index in [9.17, 15) is 4.79 Å². The number of carbonyl (C=O) groups excluding carboxylic acids is 1. The van der Waals surface area contributed by atoms with E-state index in [0.29, 0.717) is 5.92 Å². The van der Waals surface area contributed by atoms with Crippen molar-refractivity contribution in [2.75, 3.05) is 0 Å². The largest absolute Gasteiger partial charge is 0.362 e. The molecular formula is C16H17NO. The number of carbonyl (C=O) groups is 1. The second-order valence-corrected chi connectivity index (χ2v) is 4.60. The molecule has 0 spiro atoms. The first-order valence-electron chi connectivity index (χ1n) is 6.12. The number of H-pyrrole nitrogens is 1. The maximum atomic E-state index is 11.9. The number of hydrogen-bond acceptors (Lipinski definition) is 1. The first-order chi connectivity index (χ1) is 8.66. The van der Waals surface area contributed by atoms with Gasteiger partial charge in [0.25, 0.3) is 0 Å². The average Bonchev–Trinajstić information content (AvgIpc) is 2.89. The highest BCUT2D eigenvalue weighted by atomic mass is 16.1. The van der Waals surface area contributed by atoms with Crippen molar-refractivity contribution < 1.29 is 4.79 Å². The molecule has 0 saturated heterocycles. The number of nitrogens with one attached hydrogen (secondary N) is 1. The van der Waals surface area contributed by atoms with Gasteiger partial charge in [-0.15, -0.1) is 0 Å². The van der Waals surface area contributed by atoms with Gasteiger partial charge in [-0.3, -0.25) is 4.79 Å². The van der Waals surface area contributed by atoms with E-state index < -0.39 is 0 Å². The van der Waals surface area contributed by atoms with E-state index in [1.165, 1.54) is 5.56 Å². The van der Waals surface area contributed by atoms with Gasteiger partial charge in [-0.05, 0) is 35.8 Å². The van der Waals surface area contributed by atoms with Crippen LogP contribution in [-0.2, 0) is 0 Å². The molecule has 0 aliphatic rings. The van der Waals surface area contributed by atoms with Gasteiger partial charge in [0.2, 0.25) is 0 Å². The average molecular weight is 239 g/mol. The second-order valence-electron chi connectivity index (χ2n) is 4.60. The molecule has 0 unspecified atom stereocenters. The topological polar surface area (TPSA) is 32.9 Å². The summed E-state index contributed by atoms with van der Waals surface area (Å²) >= 11 is 0. The zero-order valence-corrected chi connectivity index (χ0v) is 10.7. The fraction of sp³-hybridized carbons (Fsp3) is 0.188. The summed E-state index contributed by atoms with van der Waals surface area (Å²) in [4.78, 5) is 14.9. The molecule has 0 aliphatic heterocycles. The lowest BCUT2D eigenvalue weighted by molar-refractivity contribution is 0.104. The van der Waals surface area contributed by atoms with Crippen molar-refractivity contribution in [1.82, 2.24) is 4.98 Å². The van der Waals surface area contributed by atoms with E-state index in [0.717, 1.165) is 11.3 Å². The Bertz CT molecular complexity index is 533. The van der Waals surface area contributed by atoms with Gasteiger partial charge < -0.3 is 4.98 Å². The second kappa shape index (κ2) is 5.50. The zero-order chi connectivity index (χ0) is 13.0. The molecule has 1 heterocycles. The molecule has 0 radical (unpaired) electrons. The fourth-order valence-corrected chi connectivity index (χ4v) is 1.74. The van der Waals surface area contributed by atoms with Gasteiger partial charge in [0, 0.05) is 17.5 Å². The third-order valence-corrected chi connectivity index (χ3v) is 2.90. The quantitative estimate of drug-likeness (QED) is 0.634. The molecule has 0 saturated carbocycles. The molecule has 0 bridgehead atoms. The van der Waals surface area contributed by atoms with Gasteiger partial charge in [-0.2, -0.15) is 0 Å². The van der Waals surface area contributed by atoms with E-state index in [1.54, 1.807) is 12.2 Å². The first-order valence-corrected chi connectivity index (χ1v) is 6.12. The highest BCUT2D eigenvalue weighted by Crippen LogP contribution is 2.15. The number of rotatable bonds is 4. The van der Waals surface area contributed by atoms with E-state index in [4.69, 9.17) is 0 Å². The van der Waals surface area contributed by atoms with Gasteiger partial charge in [0.1, 0.15) is 0 Å². The molecule has 0 atom stereocenters. The highest BCUT2D eigenvalue weighted by molar-refractivity contribution is 6.06. The third kappa shape index (κ3) is 2.98. The third-order valence-electron chi connectivity index (χ3n) is 2.90. The summed E-state index contributed by atoms with van der Waals surface area (Å²) < 4.78 is 0. The monoisotopic (exact) mass is 239 g/mol. The Morgan fingerprint density at radius 3 is 2.44 bits per heavy atom. The van der Waals surface area contributed by atoms with Crippen LogP contribution in [-0.4, -0.2) is 10.8 Å². The Hall–Kier alpha value is -2.09. The fourth-order valence-electron chi connectivity index (χ4n) is 1.74. The van der Waals surface area contributed by atoms with E-state index in [-0.39, 0.29) is 5.78 Å². The van der Waals surface area contributed by atoms with Crippen molar-refractivity contribution in [1.29, 1.82) is 0 Å². The van der Waals surface area contributed by atoms with Crippen molar-refractivity contribution in [3.8, 4) is 0 Å². The lowest BCUT2D eigenvalue weighted by Gasteiger charge is -2.04. The lowest BCUT2D eigenvalue weighted by Crippen LogP contribution is -1.95. The zero-order valence-electron chi connectivity index (χ0n) is 10.7. The predicted octanol–water partition coefficient (Wildman–Crippen LogP) is 4.03. The molecule has 18 heavy (non-hydrogen) atoms. The number of ketones is 1. The van der Waals surface area contributed by atoms with Crippen molar-refractivity contribution >= 4 is 11.9 Å². The van der Waals surface area contributed by atoms with Crippen molar-refractivity contribution in [3.63, 3.8) is 0 Å². The summed E-state index contributed by atoms with van der Waals surface area (Å²) in [6.45, 7) is 4.28. The van der Waals surface area contributed by atoms with Crippen molar-refractivity contribution in [2.24, 2.45) is 0 Å². The molecule has 1 N–H and O–H groups in total. The van der Waals surface area contributed by atoms with Crippen molar-refractivity contribution in [2.45, 2.75) is 19.8 Å². The SMILES string of the molecule is CC(C)c1ccc(C(=O)/C=C/c2ccc[nH]2)cc1. The molecule has 0 fully saturated rings. The molecule has 0 amide bonds. The van der Waals surface area contributed by atoms with E-state index >= 15 is 0 Å². The molecule has 1 aromatic heterocycles. The summed E-state index contributed by atoms with van der Waals surface area (Å²) in [5.41, 5.74) is 2.91.